The van der Waals surface area contributed by atoms with Crippen LogP contribution in [-0.2, 0) is 39.0 Å². The molecule has 0 unspecified atom stereocenters. The number of likely N-dealkylation sites (tertiary alicyclic amines) is 2. The molecule has 7 rings (SSSR count). The summed E-state index contributed by atoms with van der Waals surface area (Å²) in [6, 6.07) is 11.4. The fourth-order valence-electron chi connectivity index (χ4n) is 9.69. The lowest BCUT2D eigenvalue weighted by molar-refractivity contribution is -0.144. The van der Waals surface area contributed by atoms with E-state index in [9.17, 15) is 24.0 Å². The molecular formula is C47H67N7O8. The number of nitrogens with zero attached hydrogens (tertiary/aromatic N) is 6. The molecule has 0 radical (unpaired) electrons. The zero-order valence-electron chi connectivity index (χ0n) is 37.3. The number of piperidine rings is 2. The number of aryl methyl sites for hydroxylation is 2. The second kappa shape index (κ2) is 20.5. The van der Waals surface area contributed by atoms with E-state index in [2.05, 4.69) is 29.1 Å². The van der Waals surface area contributed by atoms with E-state index in [1.54, 1.807) is 18.0 Å². The highest BCUT2D eigenvalue weighted by Crippen LogP contribution is 2.37. The average Bonchev–Trinajstić information content (AvgIpc) is 3.44. The number of hydrogen-bond donors (Lipinski definition) is 1. The first kappa shape index (κ1) is 45.1. The van der Waals surface area contributed by atoms with Crippen LogP contribution in [0.2, 0.25) is 0 Å². The molecule has 2 aromatic carbocycles. The van der Waals surface area contributed by atoms with Gasteiger partial charge in [-0.1, -0.05) is 50.5 Å². The molecular weight excluding hydrogens is 791 g/mol. The normalized spacial score (nSPS) is 19.5. The number of oxazole rings is 1. The highest BCUT2D eigenvalue weighted by Gasteiger charge is 2.38. The van der Waals surface area contributed by atoms with E-state index in [0.29, 0.717) is 69.7 Å². The summed E-state index contributed by atoms with van der Waals surface area (Å²) in [5, 5.41) is 3.05. The van der Waals surface area contributed by atoms with Crippen molar-refractivity contribution in [3.8, 4) is 0 Å². The topological polar surface area (TPSA) is 150 Å². The van der Waals surface area contributed by atoms with Gasteiger partial charge in [-0.3, -0.25) is 14.2 Å². The van der Waals surface area contributed by atoms with Crippen LogP contribution < -0.4 is 11.1 Å². The molecule has 0 bridgehead atoms. The quantitative estimate of drug-likeness (QED) is 0.147. The van der Waals surface area contributed by atoms with Crippen LogP contribution in [0.15, 0.2) is 45.6 Å². The molecule has 1 atom stereocenters. The third-order valence-electron chi connectivity index (χ3n) is 13.8. The summed E-state index contributed by atoms with van der Waals surface area (Å²) in [5.41, 5.74) is 4.74. The lowest BCUT2D eigenvalue weighted by atomic mass is 9.76. The standard InChI is InChI=1S/C47H67N7O8/c1-34-31-35(32-39-42(34)50(4)45(58)61-39)33-40(62-46(59)53-21-14-37(15-22-53)54-23-13-36-11-7-8-12-38(36)48-44(54)57)43(56)52-24-18-47(2,19-25-52)17-9-5-6-10-30-60-41(55)16-20-51-28-26-49(3)27-29-51/h7-8,11-12,31-32,37,40H,5-6,9-10,13-30,33H2,1-4H3,(H,48,57)/t40-/m1/s1. The van der Waals surface area contributed by atoms with E-state index in [-0.39, 0.29) is 35.8 Å². The van der Waals surface area contributed by atoms with Crippen molar-refractivity contribution >= 4 is 40.8 Å². The predicted molar refractivity (Wildman–Crippen MR) is 237 cm³/mol. The molecule has 3 fully saturated rings. The van der Waals surface area contributed by atoms with Gasteiger partial charge in [0.2, 0.25) is 0 Å². The van der Waals surface area contributed by atoms with Crippen LogP contribution in [0, 0.1) is 12.3 Å². The molecule has 3 saturated heterocycles. The Morgan fingerprint density at radius 3 is 2.37 bits per heavy atom. The van der Waals surface area contributed by atoms with Crippen molar-refractivity contribution < 1.29 is 33.1 Å². The monoisotopic (exact) mass is 858 g/mol. The maximum Gasteiger partial charge on any atom is 0.419 e. The van der Waals surface area contributed by atoms with Crippen LogP contribution in [0.3, 0.4) is 0 Å². The molecule has 4 aliphatic rings. The van der Waals surface area contributed by atoms with E-state index >= 15 is 0 Å². The van der Waals surface area contributed by atoms with Crippen molar-refractivity contribution in [1.29, 1.82) is 0 Å². The Balaban J connectivity index is 0.890. The van der Waals surface area contributed by atoms with Gasteiger partial charge in [0.15, 0.2) is 11.7 Å². The number of carbonyl (C=O) groups is 4. The van der Waals surface area contributed by atoms with Crippen LogP contribution in [-0.4, -0.2) is 144 Å². The van der Waals surface area contributed by atoms with Crippen molar-refractivity contribution in [2.24, 2.45) is 12.5 Å². The predicted octanol–water partition coefficient (Wildman–Crippen LogP) is 5.80. The van der Waals surface area contributed by atoms with Crippen LogP contribution in [0.5, 0.6) is 0 Å². The fraction of sp³-hybridized carbons (Fsp3) is 0.638. The summed E-state index contributed by atoms with van der Waals surface area (Å²) >= 11 is 0. The smallest absolute Gasteiger partial charge is 0.419 e. The Labute approximate surface area is 365 Å². The largest absolute Gasteiger partial charge is 0.466 e. The van der Waals surface area contributed by atoms with Crippen molar-refractivity contribution in [2.45, 2.75) is 103 Å². The first-order chi connectivity index (χ1) is 29.9. The van der Waals surface area contributed by atoms with Crippen LogP contribution in [0.4, 0.5) is 15.3 Å². The Bertz CT molecular complexity index is 2090. The maximum atomic E-state index is 14.4. The van der Waals surface area contributed by atoms with Gasteiger partial charge in [0.25, 0.3) is 5.91 Å². The molecule has 0 spiro atoms. The molecule has 1 N–H and O–H groups in total. The molecule has 0 saturated carbocycles. The number of urea groups is 1. The number of para-hydroxylation sites is 1. The number of fused-ring (bicyclic) bond motifs is 2. The number of likely N-dealkylation sites (N-methyl/N-ethyl adjacent to an activating group) is 1. The molecule has 1 aromatic heterocycles. The van der Waals surface area contributed by atoms with Crippen LogP contribution >= 0.6 is 0 Å². The highest BCUT2D eigenvalue weighted by atomic mass is 16.6. The number of carbonyl (C=O) groups excluding carboxylic acids is 4. The summed E-state index contributed by atoms with van der Waals surface area (Å²) in [5.74, 6) is -0.793. The van der Waals surface area contributed by atoms with E-state index in [1.807, 2.05) is 47.1 Å². The van der Waals surface area contributed by atoms with Gasteiger partial charge in [-0.15, -0.1) is 0 Å². The number of hydrogen-bond acceptors (Lipinski definition) is 10. The number of aromatic nitrogens is 1. The Morgan fingerprint density at radius 2 is 1.61 bits per heavy atom. The highest BCUT2D eigenvalue weighted by molar-refractivity contribution is 5.91. The van der Waals surface area contributed by atoms with E-state index in [1.165, 1.54) is 4.57 Å². The molecule has 15 nitrogen and oxygen atoms in total. The zero-order valence-corrected chi connectivity index (χ0v) is 37.3. The lowest BCUT2D eigenvalue weighted by Gasteiger charge is -2.41. The fourth-order valence-corrected chi connectivity index (χ4v) is 9.69. The molecule has 4 aliphatic heterocycles. The van der Waals surface area contributed by atoms with Gasteiger partial charge in [-0.05, 0) is 93.2 Å². The van der Waals surface area contributed by atoms with Gasteiger partial charge < -0.3 is 43.7 Å². The van der Waals surface area contributed by atoms with E-state index in [4.69, 9.17) is 13.9 Å². The number of anilines is 1. The van der Waals surface area contributed by atoms with Crippen molar-refractivity contribution in [1.82, 2.24) is 29.1 Å². The third kappa shape index (κ3) is 11.4. The molecule has 5 heterocycles. The minimum atomic E-state index is -1.06. The molecule has 3 aromatic rings. The van der Waals surface area contributed by atoms with Crippen molar-refractivity contribution in [2.75, 3.05) is 84.4 Å². The number of benzene rings is 2. The first-order valence-electron chi connectivity index (χ1n) is 22.9. The van der Waals surface area contributed by atoms with Crippen LogP contribution in [0.1, 0.15) is 87.8 Å². The summed E-state index contributed by atoms with van der Waals surface area (Å²) in [6.07, 6.45) is 7.74. The van der Waals surface area contributed by atoms with Gasteiger partial charge in [-0.25, -0.2) is 14.4 Å². The first-order valence-corrected chi connectivity index (χ1v) is 22.9. The molecule has 4 amide bonds. The number of piperazine rings is 1. The molecule has 338 valence electrons. The lowest BCUT2D eigenvalue weighted by Crippen LogP contribution is -2.52. The summed E-state index contributed by atoms with van der Waals surface area (Å²) in [6.45, 7) is 12.1. The van der Waals surface area contributed by atoms with Crippen LogP contribution in [0.25, 0.3) is 11.1 Å². The zero-order chi connectivity index (χ0) is 43.8. The number of ether oxygens (including phenoxy) is 2. The number of esters is 1. The van der Waals surface area contributed by atoms with Gasteiger partial charge >= 0.3 is 23.8 Å². The summed E-state index contributed by atoms with van der Waals surface area (Å²) < 4.78 is 18.6. The van der Waals surface area contributed by atoms with Crippen molar-refractivity contribution in [3.05, 3.63) is 63.6 Å². The molecule has 15 heteroatoms. The second-order valence-corrected chi connectivity index (χ2v) is 18.4. The SMILES string of the molecule is Cc1cc(C[C@@H](OC(=O)N2CCC(N3CCc4ccccc4NC3=O)CC2)C(=O)N2CCC(C)(CCCCCCOC(=O)CCN3CCN(C)CC3)CC2)cc2oc(=O)n(C)c12. The number of nitrogens with one attached hydrogen (secondary N) is 1. The minimum absolute atomic E-state index is 0.0179. The maximum absolute atomic E-state index is 14.4. The second-order valence-electron chi connectivity index (χ2n) is 18.4. The van der Waals surface area contributed by atoms with Gasteiger partial charge in [0.05, 0.1) is 18.5 Å². The third-order valence-corrected chi connectivity index (χ3v) is 13.8. The van der Waals surface area contributed by atoms with Gasteiger partial charge in [-0.2, -0.15) is 0 Å². The Morgan fingerprint density at radius 1 is 0.887 bits per heavy atom. The van der Waals surface area contributed by atoms with Crippen molar-refractivity contribution in [3.63, 3.8) is 0 Å². The molecule has 0 aliphatic carbocycles. The van der Waals surface area contributed by atoms with E-state index < -0.39 is 18.0 Å². The van der Waals surface area contributed by atoms with Gasteiger partial charge in [0, 0.05) is 90.6 Å². The number of unbranched alkanes of at least 4 members (excludes halogenated alkanes) is 3. The summed E-state index contributed by atoms with van der Waals surface area (Å²) in [7, 11) is 3.79. The van der Waals surface area contributed by atoms with E-state index in [0.717, 1.165) is 106 Å². The number of rotatable bonds is 15. The van der Waals surface area contributed by atoms with Gasteiger partial charge in [0.1, 0.15) is 0 Å². The Hall–Kier alpha value is -4.89. The minimum Gasteiger partial charge on any atom is -0.466 e. The number of amides is 4. The summed E-state index contributed by atoms with van der Waals surface area (Å²) in [4.78, 5) is 76.1. The average molecular weight is 858 g/mol. The molecule has 62 heavy (non-hydrogen) atoms. The Kier molecular flexibility index (Phi) is 14.9.